The predicted molar refractivity (Wildman–Crippen MR) is 115 cm³/mol. The van der Waals surface area contributed by atoms with E-state index in [1.54, 1.807) is 42.5 Å². The van der Waals surface area contributed by atoms with Gasteiger partial charge >= 0.3 is 5.97 Å². The number of nitrogen functional groups attached to an aromatic ring is 1. The van der Waals surface area contributed by atoms with Crippen LogP contribution in [0.5, 0.6) is 0 Å². The first-order chi connectivity index (χ1) is 14.9. The number of hydrogen-bond donors (Lipinski definition) is 2. The summed E-state index contributed by atoms with van der Waals surface area (Å²) in [4.78, 5) is 50.1. The molecule has 0 aromatic heterocycles. The summed E-state index contributed by atoms with van der Waals surface area (Å²) in [6, 6.07) is 15.5. The summed E-state index contributed by atoms with van der Waals surface area (Å²) >= 11 is 5.79. The quantitative estimate of drug-likeness (QED) is 0.375. The lowest BCUT2D eigenvalue weighted by molar-refractivity contribution is -0.119. The lowest BCUT2D eigenvalue weighted by Gasteiger charge is -2.20. The molecular formula is C23H15ClN2O5. The van der Waals surface area contributed by atoms with Crippen LogP contribution in [0.1, 0.15) is 42.2 Å². The summed E-state index contributed by atoms with van der Waals surface area (Å²) in [5, 5.41) is 3.08. The Labute approximate surface area is 181 Å². The number of rotatable bonds is 4. The fourth-order valence-electron chi connectivity index (χ4n) is 3.33. The van der Waals surface area contributed by atoms with Crippen LogP contribution in [0.25, 0.3) is 0 Å². The van der Waals surface area contributed by atoms with Gasteiger partial charge in [0.1, 0.15) is 0 Å². The molecule has 0 saturated carbocycles. The van der Waals surface area contributed by atoms with Gasteiger partial charge in [-0.05, 0) is 36.4 Å². The minimum atomic E-state index is -0.884. The summed E-state index contributed by atoms with van der Waals surface area (Å²) in [6.07, 6.45) is 0. The number of carbonyl (C=O) groups excluding carboxylic acids is 4. The van der Waals surface area contributed by atoms with Crippen molar-refractivity contribution in [2.75, 3.05) is 17.7 Å². The number of carbonyl (C=O) groups is 4. The first-order valence-corrected chi connectivity index (χ1v) is 9.58. The summed E-state index contributed by atoms with van der Waals surface area (Å²) in [5.41, 5.74) is 6.89. The van der Waals surface area contributed by atoms with Crippen LogP contribution in [0.15, 0.2) is 60.7 Å². The Morgan fingerprint density at radius 3 is 2.19 bits per heavy atom. The van der Waals surface area contributed by atoms with Crippen molar-refractivity contribution in [2.24, 2.45) is 0 Å². The summed E-state index contributed by atoms with van der Waals surface area (Å²) in [7, 11) is 0. The molecule has 3 aromatic rings. The van der Waals surface area contributed by atoms with E-state index >= 15 is 0 Å². The minimum Gasteiger partial charge on any atom is -0.452 e. The van der Waals surface area contributed by atoms with E-state index in [-0.39, 0.29) is 39.3 Å². The molecule has 1 aliphatic carbocycles. The van der Waals surface area contributed by atoms with Crippen LogP contribution in [-0.2, 0) is 9.53 Å². The Morgan fingerprint density at radius 1 is 0.871 bits per heavy atom. The molecule has 0 heterocycles. The van der Waals surface area contributed by atoms with Crippen LogP contribution < -0.4 is 11.1 Å². The molecule has 3 aromatic carbocycles. The van der Waals surface area contributed by atoms with Gasteiger partial charge in [0.05, 0.1) is 16.8 Å². The van der Waals surface area contributed by atoms with E-state index in [1.807, 2.05) is 0 Å². The highest BCUT2D eigenvalue weighted by Gasteiger charge is 2.33. The van der Waals surface area contributed by atoms with Gasteiger partial charge in [-0.25, -0.2) is 4.79 Å². The van der Waals surface area contributed by atoms with E-state index in [9.17, 15) is 19.2 Å². The second-order valence-electron chi connectivity index (χ2n) is 6.78. The number of anilines is 2. The van der Waals surface area contributed by atoms with E-state index in [2.05, 4.69) is 5.32 Å². The van der Waals surface area contributed by atoms with Crippen LogP contribution in [0, 0.1) is 0 Å². The molecule has 154 valence electrons. The average Bonchev–Trinajstić information content (AvgIpc) is 2.77. The van der Waals surface area contributed by atoms with Gasteiger partial charge in [0, 0.05) is 27.4 Å². The van der Waals surface area contributed by atoms with Crippen molar-refractivity contribution >= 4 is 46.4 Å². The number of ketones is 2. The normalized spacial score (nSPS) is 12.0. The van der Waals surface area contributed by atoms with Gasteiger partial charge in [-0.1, -0.05) is 35.9 Å². The van der Waals surface area contributed by atoms with Gasteiger partial charge in [-0.15, -0.1) is 0 Å². The Balaban J connectivity index is 1.52. The lowest BCUT2D eigenvalue weighted by atomic mass is 9.82. The Morgan fingerprint density at radius 2 is 1.52 bits per heavy atom. The molecule has 1 aliphatic rings. The molecule has 31 heavy (non-hydrogen) atoms. The molecule has 4 rings (SSSR count). The van der Waals surface area contributed by atoms with Gasteiger partial charge in [-0.3, -0.25) is 14.4 Å². The van der Waals surface area contributed by atoms with Crippen molar-refractivity contribution in [2.45, 2.75) is 0 Å². The second-order valence-corrected chi connectivity index (χ2v) is 7.22. The van der Waals surface area contributed by atoms with E-state index in [4.69, 9.17) is 22.1 Å². The van der Waals surface area contributed by atoms with Crippen LogP contribution in [0.4, 0.5) is 11.4 Å². The van der Waals surface area contributed by atoms with Crippen LogP contribution in [-0.4, -0.2) is 30.0 Å². The Hall–Kier alpha value is -3.97. The third kappa shape index (κ3) is 3.78. The summed E-state index contributed by atoms with van der Waals surface area (Å²) < 4.78 is 5.04. The third-order valence-electron chi connectivity index (χ3n) is 4.82. The Kier molecular flexibility index (Phi) is 5.27. The molecule has 0 saturated heterocycles. The van der Waals surface area contributed by atoms with Crippen molar-refractivity contribution in [3.63, 3.8) is 0 Å². The number of esters is 1. The van der Waals surface area contributed by atoms with Crippen molar-refractivity contribution in [1.29, 1.82) is 0 Å². The zero-order valence-corrected chi connectivity index (χ0v) is 16.7. The van der Waals surface area contributed by atoms with Gasteiger partial charge in [0.2, 0.25) is 0 Å². The summed E-state index contributed by atoms with van der Waals surface area (Å²) in [6.45, 7) is -0.562. The molecule has 0 unspecified atom stereocenters. The van der Waals surface area contributed by atoms with Crippen molar-refractivity contribution < 1.29 is 23.9 Å². The molecule has 0 atom stereocenters. The standard InChI is InChI=1S/C23H15ClN2O5/c24-12-5-7-13(8-6-12)26-18(27)11-31-23(30)17-10-9-16-19(20(17)25)22(29)15-4-2-1-3-14(15)21(16)28/h1-10H,11,25H2,(H,26,27). The largest absolute Gasteiger partial charge is 0.452 e. The van der Waals surface area contributed by atoms with Gasteiger partial charge in [0.25, 0.3) is 5.91 Å². The van der Waals surface area contributed by atoms with E-state index in [1.165, 1.54) is 18.2 Å². The Bertz CT molecular complexity index is 1250. The molecule has 0 fully saturated rings. The zero-order chi connectivity index (χ0) is 22.1. The number of benzene rings is 3. The smallest absolute Gasteiger partial charge is 0.340 e. The highest BCUT2D eigenvalue weighted by atomic mass is 35.5. The number of nitrogens with two attached hydrogens (primary N) is 1. The maximum Gasteiger partial charge on any atom is 0.340 e. The van der Waals surface area contributed by atoms with Crippen molar-refractivity contribution in [3.05, 3.63) is 93.5 Å². The van der Waals surface area contributed by atoms with E-state index in [0.29, 0.717) is 10.7 Å². The fraction of sp³-hybridized carbons (Fsp3) is 0.0435. The van der Waals surface area contributed by atoms with Gasteiger partial charge in [-0.2, -0.15) is 0 Å². The number of amides is 1. The lowest BCUT2D eigenvalue weighted by Crippen LogP contribution is -2.25. The number of halogens is 1. The second kappa shape index (κ2) is 8.04. The number of fused-ring (bicyclic) bond motifs is 2. The molecule has 0 spiro atoms. The molecule has 7 nitrogen and oxygen atoms in total. The maximum atomic E-state index is 12.9. The minimum absolute atomic E-state index is 0.0382. The molecule has 8 heteroatoms. The molecular weight excluding hydrogens is 420 g/mol. The first kappa shape index (κ1) is 20.3. The summed E-state index contributed by atoms with van der Waals surface area (Å²) in [5.74, 6) is -2.24. The van der Waals surface area contributed by atoms with Crippen molar-refractivity contribution in [3.8, 4) is 0 Å². The molecule has 0 radical (unpaired) electrons. The average molecular weight is 435 g/mol. The zero-order valence-electron chi connectivity index (χ0n) is 16.0. The first-order valence-electron chi connectivity index (χ1n) is 9.20. The highest BCUT2D eigenvalue weighted by molar-refractivity contribution is 6.31. The number of nitrogens with one attached hydrogen (secondary N) is 1. The number of hydrogen-bond acceptors (Lipinski definition) is 6. The van der Waals surface area contributed by atoms with E-state index in [0.717, 1.165) is 0 Å². The monoisotopic (exact) mass is 434 g/mol. The molecule has 3 N–H and O–H groups in total. The van der Waals surface area contributed by atoms with Crippen LogP contribution >= 0.6 is 11.6 Å². The maximum absolute atomic E-state index is 12.9. The van der Waals surface area contributed by atoms with Crippen LogP contribution in [0.3, 0.4) is 0 Å². The van der Waals surface area contributed by atoms with Crippen LogP contribution in [0.2, 0.25) is 5.02 Å². The predicted octanol–water partition coefficient (Wildman–Crippen LogP) is 3.49. The highest BCUT2D eigenvalue weighted by Crippen LogP contribution is 2.32. The fourth-order valence-corrected chi connectivity index (χ4v) is 3.46. The van der Waals surface area contributed by atoms with Gasteiger partial charge in [0.15, 0.2) is 18.2 Å². The molecule has 0 aliphatic heterocycles. The SMILES string of the molecule is Nc1c(C(=O)OCC(=O)Nc2ccc(Cl)cc2)ccc2c1C(=O)c1ccccc1C2=O. The number of ether oxygens (including phenoxy) is 1. The van der Waals surface area contributed by atoms with E-state index < -0.39 is 24.3 Å². The molecule has 0 bridgehead atoms. The van der Waals surface area contributed by atoms with Gasteiger partial charge < -0.3 is 15.8 Å². The molecule has 1 amide bonds. The topological polar surface area (TPSA) is 116 Å². The van der Waals surface area contributed by atoms with Crippen molar-refractivity contribution in [1.82, 2.24) is 0 Å². The third-order valence-corrected chi connectivity index (χ3v) is 5.07.